The molecule has 0 aliphatic rings. The lowest BCUT2D eigenvalue weighted by molar-refractivity contribution is 0.847. The van der Waals surface area contributed by atoms with Crippen molar-refractivity contribution in [3.8, 4) is 0 Å². The molecule has 0 amide bonds. The molecule has 0 aliphatic carbocycles. The van der Waals surface area contributed by atoms with Crippen LogP contribution in [0.25, 0.3) is 0 Å². The minimum atomic E-state index is 0.270. The molecule has 13 heavy (non-hydrogen) atoms. The van der Waals surface area contributed by atoms with E-state index in [4.69, 9.17) is 5.73 Å². The molecule has 0 aromatic heterocycles. The van der Waals surface area contributed by atoms with Gasteiger partial charge in [0.15, 0.2) is 0 Å². The molecule has 2 N–H and O–H groups in total. The first-order valence-corrected chi connectivity index (χ1v) is 5.54. The van der Waals surface area contributed by atoms with Crippen LogP contribution in [0.5, 0.6) is 0 Å². The summed E-state index contributed by atoms with van der Waals surface area (Å²) in [7, 11) is 0. The van der Waals surface area contributed by atoms with Crippen molar-refractivity contribution in [3.05, 3.63) is 29.3 Å². The first kappa shape index (κ1) is 10.6. The van der Waals surface area contributed by atoms with Crippen LogP contribution in [-0.2, 0) is 0 Å². The Morgan fingerprint density at radius 1 is 1.31 bits per heavy atom. The van der Waals surface area contributed by atoms with Gasteiger partial charge in [0.05, 0.1) is 0 Å². The fraction of sp³-hybridized carbons (Fsp3) is 0.455. The Labute approximate surface area is 84.7 Å². The fourth-order valence-corrected chi connectivity index (χ4v) is 1.91. The number of aryl methyl sites for hydroxylation is 2. The number of hydrogen-bond donors (Lipinski definition) is 1. The summed E-state index contributed by atoms with van der Waals surface area (Å²) in [6.07, 6.45) is 0. The van der Waals surface area contributed by atoms with E-state index in [1.807, 2.05) is 18.7 Å². The van der Waals surface area contributed by atoms with Crippen molar-refractivity contribution in [2.45, 2.75) is 31.7 Å². The van der Waals surface area contributed by atoms with Crippen LogP contribution in [0.1, 0.15) is 18.1 Å². The van der Waals surface area contributed by atoms with Crippen molar-refractivity contribution in [1.82, 2.24) is 0 Å². The first-order chi connectivity index (χ1) is 6.09. The van der Waals surface area contributed by atoms with Gasteiger partial charge in [0, 0.05) is 16.7 Å². The number of hydrogen-bond acceptors (Lipinski definition) is 2. The van der Waals surface area contributed by atoms with E-state index in [-0.39, 0.29) is 6.04 Å². The summed E-state index contributed by atoms with van der Waals surface area (Å²) < 4.78 is 0. The Morgan fingerprint density at radius 3 is 2.54 bits per heavy atom. The molecule has 0 spiro atoms. The highest BCUT2D eigenvalue weighted by Gasteiger charge is 1.99. The van der Waals surface area contributed by atoms with E-state index in [2.05, 4.69) is 32.0 Å². The zero-order valence-corrected chi connectivity index (χ0v) is 9.32. The van der Waals surface area contributed by atoms with Crippen molar-refractivity contribution in [2.75, 3.05) is 5.75 Å². The van der Waals surface area contributed by atoms with Gasteiger partial charge in [-0.1, -0.05) is 6.07 Å². The van der Waals surface area contributed by atoms with Gasteiger partial charge < -0.3 is 5.73 Å². The minimum Gasteiger partial charge on any atom is -0.327 e. The van der Waals surface area contributed by atoms with E-state index in [1.54, 1.807) is 0 Å². The molecule has 1 rings (SSSR count). The zero-order chi connectivity index (χ0) is 9.84. The molecule has 1 aromatic carbocycles. The molecule has 0 fully saturated rings. The van der Waals surface area contributed by atoms with E-state index in [0.29, 0.717) is 0 Å². The molecule has 0 heterocycles. The Balaban J connectivity index is 2.63. The van der Waals surface area contributed by atoms with Crippen LogP contribution in [0.2, 0.25) is 0 Å². The predicted octanol–water partition coefficient (Wildman–Crippen LogP) is 2.74. The molecule has 0 radical (unpaired) electrons. The average Bonchev–Trinajstić information content (AvgIpc) is 2.07. The average molecular weight is 195 g/mol. The summed E-state index contributed by atoms with van der Waals surface area (Å²) in [5, 5.41) is 0. The van der Waals surface area contributed by atoms with Crippen LogP contribution in [0.15, 0.2) is 23.1 Å². The summed E-state index contributed by atoms with van der Waals surface area (Å²) >= 11 is 1.83. The van der Waals surface area contributed by atoms with Crippen molar-refractivity contribution in [1.29, 1.82) is 0 Å². The number of nitrogens with two attached hydrogens (primary N) is 1. The normalized spacial score (nSPS) is 12.9. The Kier molecular flexibility index (Phi) is 3.82. The molecule has 72 valence electrons. The van der Waals surface area contributed by atoms with Gasteiger partial charge in [-0.05, 0) is 44.0 Å². The molecule has 1 aromatic rings. The molecule has 0 saturated heterocycles. The maximum absolute atomic E-state index is 5.69. The molecule has 1 atom stereocenters. The molecule has 1 nitrogen and oxygen atoms in total. The van der Waals surface area contributed by atoms with E-state index in [1.165, 1.54) is 16.0 Å². The van der Waals surface area contributed by atoms with Crippen LogP contribution in [0, 0.1) is 13.8 Å². The van der Waals surface area contributed by atoms with Gasteiger partial charge >= 0.3 is 0 Å². The molecule has 2 heteroatoms. The molecule has 0 unspecified atom stereocenters. The van der Waals surface area contributed by atoms with Crippen molar-refractivity contribution in [3.63, 3.8) is 0 Å². The first-order valence-electron chi connectivity index (χ1n) is 4.55. The molecular weight excluding hydrogens is 178 g/mol. The lowest BCUT2D eigenvalue weighted by atomic mass is 10.1. The van der Waals surface area contributed by atoms with E-state index in [9.17, 15) is 0 Å². The molecular formula is C11H17NS. The van der Waals surface area contributed by atoms with Crippen molar-refractivity contribution < 1.29 is 0 Å². The van der Waals surface area contributed by atoms with Gasteiger partial charge in [-0.25, -0.2) is 0 Å². The number of rotatable bonds is 3. The predicted molar refractivity (Wildman–Crippen MR) is 60.3 cm³/mol. The minimum absolute atomic E-state index is 0.270. The monoisotopic (exact) mass is 195 g/mol. The third-order valence-corrected chi connectivity index (χ3v) is 3.27. The topological polar surface area (TPSA) is 26.0 Å². The van der Waals surface area contributed by atoms with Gasteiger partial charge in [0.2, 0.25) is 0 Å². The molecule has 0 saturated carbocycles. The SMILES string of the molecule is Cc1ccc(SC[C@H](C)N)cc1C. The fourth-order valence-electron chi connectivity index (χ4n) is 1.03. The summed E-state index contributed by atoms with van der Waals surface area (Å²) in [6, 6.07) is 6.82. The van der Waals surface area contributed by atoms with E-state index >= 15 is 0 Å². The summed E-state index contributed by atoms with van der Waals surface area (Å²) in [5.74, 6) is 0.989. The quantitative estimate of drug-likeness (QED) is 0.750. The summed E-state index contributed by atoms with van der Waals surface area (Å²) in [4.78, 5) is 1.32. The Hall–Kier alpha value is -0.470. The van der Waals surface area contributed by atoms with Crippen LogP contribution in [0.3, 0.4) is 0 Å². The van der Waals surface area contributed by atoms with Gasteiger partial charge in [0.1, 0.15) is 0 Å². The molecule has 0 aliphatic heterocycles. The summed E-state index contributed by atoms with van der Waals surface area (Å²) in [6.45, 7) is 6.31. The highest BCUT2D eigenvalue weighted by molar-refractivity contribution is 7.99. The third kappa shape index (κ3) is 3.41. The lowest BCUT2D eigenvalue weighted by Crippen LogP contribution is -2.17. The van der Waals surface area contributed by atoms with Gasteiger partial charge in [-0.3, -0.25) is 0 Å². The second kappa shape index (κ2) is 4.68. The molecule has 0 bridgehead atoms. The van der Waals surface area contributed by atoms with Crippen LogP contribution in [0.4, 0.5) is 0 Å². The smallest absolute Gasteiger partial charge is 0.0129 e. The second-order valence-electron chi connectivity index (χ2n) is 3.53. The van der Waals surface area contributed by atoms with Gasteiger partial charge in [-0.15, -0.1) is 11.8 Å². The van der Waals surface area contributed by atoms with Crippen molar-refractivity contribution in [2.24, 2.45) is 5.73 Å². The number of benzene rings is 1. The highest BCUT2D eigenvalue weighted by Crippen LogP contribution is 2.21. The standard InChI is InChI=1S/C11H17NS/c1-8-4-5-11(6-9(8)2)13-7-10(3)12/h4-6,10H,7,12H2,1-3H3/t10-/m0/s1. The Bertz CT molecular complexity index is 281. The van der Waals surface area contributed by atoms with Crippen LogP contribution >= 0.6 is 11.8 Å². The van der Waals surface area contributed by atoms with E-state index < -0.39 is 0 Å². The maximum atomic E-state index is 5.69. The third-order valence-electron chi connectivity index (χ3n) is 1.99. The Morgan fingerprint density at radius 2 is 2.00 bits per heavy atom. The number of thioether (sulfide) groups is 1. The van der Waals surface area contributed by atoms with Crippen LogP contribution < -0.4 is 5.73 Å². The zero-order valence-electron chi connectivity index (χ0n) is 8.50. The second-order valence-corrected chi connectivity index (χ2v) is 4.63. The van der Waals surface area contributed by atoms with E-state index in [0.717, 1.165) is 5.75 Å². The van der Waals surface area contributed by atoms with Gasteiger partial charge in [0.25, 0.3) is 0 Å². The largest absolute Gasteiger partial charge is 0.327 e. The van der Waals surface area contributed by atoms with Gasteiger partial charge in [-0.2, -0.15) is 0 Å². The maximum Gasteiger partial charge on any atom is 0.0129 e. The highest BCUT2D eigenvalue weighted by atomic mass is 32.2. The summed E-state index contributed by atoms with van der Waals surface area (Å²) in [5.41, 5.74) is 8.40. The van der Waals surface area contributed by atoms with Crippen LogP contribution in [-0.4, -0.2) is 11.8 Å². The van der Waals surface area contributed by atoms with Crippen molar-refractivity contribution >= 4 is 11.8 Å². The lowest BCUT2D eigenvalue weighted by Gasteiger charge is -2.06.